The molecule has 0 spiro atoms. The monoisotopic (exact) mass is 448 g/mol. The van der Waals surface area contributed by atoms with Crippen LogP contribution in [0.4, 0.5) is 0 Å². The Morgan fingerprint density at radius 1 is 1.26 bits per heavy atom. The normalized spacial score (nSPS) is 21.1. The average molecular weight is 449 g/mol. The molecule has 2 aliphatic rings. The summed E-state index contributed by atoms with van der Waals surface area (Å²) in [5, 5.41) is 7.45. The van der Waals surface area contributed by atoms with E-state index < -0.39 is 9.84 Å². The van der Waals surface area contributed by atoms with Gasteiger partial charge in [-0.05, 0) is 36.8 Å². The summed E-state index contributed by atoms with van der Waals surface area (Å²) in [6.07, 6.45) is 0.491. The highest BCUT2D eigenvalue weighted by Crippen LogP contribution is 2.31. The smallest absolute Gasteiger partial charge is 0.271 e. The number of nitrogens with one attached hydrogen (secondary N) is 1. The summed E-state index contributed by atoms with van der Waals surface area (Å²) in [6, 6.07) is 8.89. The van der Waals surface area contributed by atoms with Crippen LogP contribution in [0.5, 0.6) is 5.75 Å². The Labute approximate surface area is 182 Å². The van der Waals surface area contributed by atoms with Crippen molar-refractivity contribution in [2.45, 2.75) is 12.5 Å². The molecule has 10 heteroatoms. The van der Waals surface area contributed by atoms with Crippen LogP contribution in [0.3, 0.4) is 0 Å². The van der Waals surface area contributed by atoms with Gasteiger partial charge in [0.2, 0.25) is 0 Å². The van der Waals surface area contributed by atoms with Crippen molar-refractivity contribution in [2.75, 3.05) is 58.0 Å². The minimum Gasteiger partial charge on any atom is -0.497 e. The molecule has 0 unspecified atom stereocenters. The summed E-state index contributed by atoms with van der Waals surface area (Å²) in [6.45, 7) is 4.43. The van der Waals surface area contributed by atoms with Crippen LogP contribution in [0.1, 0.15) is 23.0 Å². The summed E-state index contributed by atoms with van der Waals surface area (Å²) < 4.78 is 36.3. The number of nitrogens with zero attached hydrogens (tertiary/aromatic N) is 3. The molecule has 1 aromatic carbocycles. The molecule has 1 aromatic heterocycles. The number of hydrogen-bond acceptors (Lipinski definition) is 7. The van der Waals surface area contributed by atoms with Gasteiger partial charge in [0.15, 0.2) is 15.5 Å². The van der Waals surface area contributed by atoms with Crippen molar-refractivity contribution in [2.24, 2.45) is 0 Å². The van der Waals surface area contributed by atoms with Crippen LogP contribution in [0.25, 0.3) is 11.3 Å². The largest absolute Gasteiger partial charge is 0.497 e. The van der Waals surface area contributed by atoms with Gasteiger partial charge in [0.1, 0.15) is 5.75 Å². The first-order chi connectivity index (χ1) is 14.9. The zero-order valence-electron chi connectivity index (χ0n) is 17.6. The molecule has 1 amide bonds. The number of aromatic nitrogens is 2. The van der Waals surface area contributed by atoms with Gasteiger partial charge in [0.25, 0.3) is 5.91 Å². The Morgan fingerprint density at radius 2 is 2.00 bits per heavy atom. The van der Waals surface area contributed by atoms with E-state index in [-0.39, 0.29) is 29.1 Å². The van der Waals surface area contributed by atoms with Crippen LogP contribution < -0.4 is 10.1 Å². The summed E-state index contributed by atoms with van der Waals surface area (Å²) in [5.41, 5.74) is 1.87. The number of carbonyl (C=O) groups excluding carboxylic acids is 1. The molecule has 4 rings (SSSR count). The molecule has 2 aliphatic heterocycles. The quantitative estimate of drug-likeness (QED) is 0.674. The molecule has 3 heterocycles. The van der Waals surface area contributed by atoms with E-state index in [1.165, 1.54) is 0 Å². The highest BCUT2D eigenvalue weighted by atomic mass is 32.2. The molecular weight excluding hydrogens is 420 g/mol. The maximum atomic E-state index is 12.8. The van der Waals surface area contributed by atoms with Gasteiger partial charge < -0.3 is 14.8 Å². The first-order valence-corrected chi connectivity index (χ1v) is 12.3. The lowest BCUT2D eigenvalue weighted by Gasteiger charge is -2.26. The number of hydrogen-bond donors (Lipinski definition) is 1. The SMILES string of the molecule is COc1ccc(-c2cc(C(=O)NCCN3CCOCC3)nn2[C@@H]2CCS(=O)(=O)C2)cc1. The van der Waals surface area contributed by atoms with Crippen LogP contribution in [-0.2, 0) is 14.6 Å². The number of carbonyl (C=O) groups is 1. The van der Waals surface area contributed by atoms with Gasteiger partial charge >= 0.3 is 0 Å². The molecule has 2 aromatic rings. The molecular formula is C21H28N4O5S. The van der Waals surface area contributed by atoms with E-state index in [2.05, 4.69) is 15.3 Å². The van der Waals surface area contributed by atoms with E-state index in [0.717, 1.165) is 36.6 Å². The molecule has 9 nitrogen and oxygen atoms in total. The summed E-state index contributed by atoms with van der Waals surface area (Å²) in [5.74, 6) is 0.637. The molecule has 0 saturated carbocycles. The van der Waals surface area contributed by atoms with Gasteiger partial charge in [-0.25, -0.2) is 8.42 Å². The van der Waals surface area contributed by atoms with Crippen LogP contribution in [0.15, 0.2) is 30.3 Å². The summed E-state index contributed by atoms with van der Waals surface area (Å²) in [4.78, 5) is 15.0. The number of sulfone groups is 1. The summed E-state index contributed by atoms with van der Waals surface area (Å²) in [7, 11) is -1.49. The predicted molar refractivity (Wildman–Crippen MR) is 116 cm³/mol. The van der Waals surface area contributed by atoms with Gasteiger partial charge in [0.05, 0.1) is 43.6 Å². The van der Waals surface area contributed by atoms with Crippen LogP contribution in [0, 0.1) is 0 Å². The van der Waals surface area contributed by atoms with Crippen molar-refractivity contribution in [3.8, 4) is 17.0 Å². The van der Waals surface area contributed by atoms with Crippen molar-refractivity contribution < 1.29 is 22.7 Å². The lowest BCUT2D eigenvalue weighted by molar-refractivity contribution is 0.0383. The average Bonchev–Trinajstić information content (AvgIpc) is 3.38. The molecule has 2 fully saturated rings. The fraction of sp³-hybridized carbons (Fsp3) is 0.524. The number of rotatable bonds is 7. The van der Waals surface area contributed by atoms with E-state index in [1.807, 2.05) is 24.3 Å². The van der Waals surface area contributed by atoms with Crippen molar-refractivity contribution in [1.82, 2.24) is 20.0 Å². The number of morpholine rings is 1. The second-order valence-electron chi connectivity index (χ2n) is 7.85. The first-order valence-electron chi connectivity index (χ1n) is 10.5. The second-order valence-corrected chi connectivity index (χ2v) is 10.1. The van der Waals surface area contributed by atoms with Gasteiger partial charge in [-0.15, -0.1) is 0 Å². The lowest BCUT2D eigenvalue weighted by atomic mass is 10.1. The van der Waals surface area contributed by atoms with E-state index in [9.17, 15) is 13.2 Å². The fourth-order valence-electron chi connectivity index (χ4n) is 3.97. The van der Waals surface area contributed by atoms with E-state index in [4.69, 9.17) is 9.47 Å². The Balaban J connectivity index is 1.52. The molecule has 0 radical (unpaired) electrons. The molecule has 168 valence electrons. The highest BCUT2D eigenvalue weighted by molar-refractivity contribution is 7.91. The van der Waals surface area contributed by atoms with E-state index in [0.29, 0.717) is 26.2 Å². The molecule has 0 bridgehead atoms. The van der Waals surface area contributed by atoms with Crippen LogP contribution in [0.2, 0.25) is 0 Å². The lowest BCUT2D eigenvalue weighted by Crippen LogP contribution is -2.41. The van der Waals surface area contributed by atoms with Gasteiger partial charge in [0, 0.05) is 31.7 Å². The highest BCUT2D eigenvalue weighted by Gasteiger charge is 2.32. The minimum atomic E-state index is -3.09. The predicted octanol–water partition coefficient (Wildman–Crippen LogP) is 0.980. The number of methoxy groups -OCH3 is 1. The van der Waals surface area contributed by atoms with Crippen molar-refractivity contribution in [3.05, 3.63) is 36.0 Å². The second kappa shape index (κ2) is 9.37. The van der Waals surface area contributed by atoms with Crippen molar-refractivity contribution in [3.63, 3.8) is 0 Å². The van der Waals surface area contributed by atoms with E-state index in [1.54, 1.807) is 17.9 Å². The third-order valence-electron chi connectivity index (χ3n) is 5.73. The molecule has 0 aliphatic carbocycles. The Bertz CT molecular complexity index is 1010. The maximum Gasteiger partial charge on any atom is 0.271 e. The zero-order valence-corrected chi connectivity index (χ0v) is 18.4. The fourth-order valence-corrected chi connectivity index (χ4v) is 5.66. The topological polar surface area (TPSA) is 103 Å². The van der Waals surface area contributed by atoms with Gasteiger partial charge in [-0.2, -0.15) is 5.10 Å². The number of amides is 1. The van der Waals surface area contributed by atoms with Gasteiger partial charge in [-0.3, -0.25) is 14.4 Å². The Hall–Kier alpha value is -2.43. The van der Waals surface area contributed by atoms with Crippen molar-refractivity contribution in [1.29, 1.82) is 0 Å². The van der Waals surface area contributed by atoms with Crippen molar-refractivity contribution >= 4 is 15.7 Å². The molecule has 1 atom stereocenters. The number of benzene rings is 1. The minimum absolute atomic E-state index is 0.0376. The van der Waals surface area contributed by atoms with E-state index >= 15 is 0 Å². The Kier molecular flexibility index (Phi) is 6.59. The molecule has 31 heavy (non-hydrogen) atoms. The standard InChI is InChI=1S/C21H28N4O5S/c1-29-18-4-2-16(3-5-18)20-14-19(23-25(20)17-6-13-31(27,28)15-17)21(26)22-7-8-24-9-11-30-12-10-24/h2-5,14,17H,6-13,15H2,1H3,(H,22,26)/t17-/m1/s1. The van der Waals surface area contributed by atoms with Gasteiger partial charge in [-0.1, -0.05) is 0 Å². The molecule has 1 N–H and O–H groups in total. The molecule has 2 saturated heterocycles. The zero-order chi connectivity index (χ0) is 21.8. The first kappa shape index (κ1) is 21.8. The third kappa shape index (κ3) is 5.25. The number of ether oxygens (including phenoxy) is 2. The van der Waals surface area contributed by atoms with Crippen LogP contribution >= 0.6 is 0 Å². The third-order valence-corrected chi connectivity index (χ3v) is 7.48. The Morgan fingerprint density at radius 3 is 2.65 bits per heavy atom. The van der Waals surface area contributed by atoms with Crippen LogP contribution in [-0.4, -0.2) is 87.0 Å². The summed E-state index contributed by atoms with van der Waals surface area (Å²) >= 11 is 0. The maximum absolute atomic E-state index is 12.8.